The van der Waals surface area contributed by atoms with Gasteiger partial charge < -0.3 is 15.4 Å². The summed E-state index contributed by atoms with van der Waals surface area (Å²) in [7, 11) is 1.76. The van der Waals surface area contributed by atoms with Crippen molar-refractivity contribution in [1.82, 2.24) is 15.6 Å². The summed E-state index contributed by atoms with van der Waals surface area (Å²) in [6.45, 7) is 8.37. The summed E-state index contributed by atoms with van der Waals surface area (Å²) in [5, 5.41) is 7.54. The van der Waals surface area contributed by atoms with Crippen LogP contribution in [0.1, 0.15) is 35.2 Å². The SMILES string of the molecule is CN=C(NCCOc1ccc(C(C)C)cc1)NCc1ncc(C)s1.I. The third-order valence-corrected chi connectivity index (χ3v) is 4.42. The monoisotopic (exact) mass is 474 g/mol. The fourth-order valence-electron chi connectivity index (χ4n) is 2.15. The molecule has 0 aliphatic heterocycles. The van der Waals surface area contributed by atoms with E-state index < -0.39 is 0 Å². The fraction of sp³-hybridized carbons (Fsp3) is 0.444. The molecule has 0 saturated carbocycles. The summed E-state index contributed by atoms with van der Waals surface area (Å²) < 4.78 is 5.75. The summed E-state index contributed by atoms with van der Waals surface area (Å²) in [5.41, 5.74) is 1.32. The van der Waals surface area contributed by atoms with Gasteiger partial charge in [0.15, 0.2) is 5.96 Å². The Hall–Kier alpha value is -1.35. The van der Waals surface area contributed by atoms with Crippen LogP contribution in [0.5, 0.6) is 5.75 Å². The second kappa shape index (κ2) is 11.3. The lowest BCUT2D eigenvalue weighted by Crippen LogP contribution is -2.38. The molecule has 7 heteroatoms. The number of hydrogen-bond acceptors (Lipinski definition) is 4. The van der Waals surface area contributed by atoms with Gasteiger partial charge in [0.2, 0.25) is 0 Å². The van der Waals surface area contributed by atoms with Crippen molar-refractivity contribution in [3.63, 3.8) is 0 Å². The molecule has 2 rings (SSSR count). The molecular weight excluding hydrogens is 447 g/mol. The Morgan fingerprint density at radius 2 is 1.96 bits per heavy atom. The Labute approximate surface area is 171 Å². The number of aryl methyl sites for hydroxylation is 1. The highest BCUT2D eigenvalue weighted by atomic mass is 127. The maximum atomic E-state index is 5.75. The third kappa shape index (κ3) is 7.60. The Morgan fingerprint density at radius 1 is 1.24 bits per heavy atom. The van der Waals surface area contributed by atoms with Crippen molar-refractivity contribution in [3.05, 3.63) is 45.9 Å². The zero-order valence-electron chi connectivity index (χ0n) is 15.2. The number of hydrogen-bond donors (Lipinski definition) is 2. The minimum Gasteiger partial charge on any atom is -0.492 e. The third-order valence-electron chi connectivity index (χ3n) is 3.51. The maximum absolute atomic E-state index is 5.75. The number of nitrogens with zero attached hydrogens (tertiary/aromatic N) is 2. The average Bonchev–Trinajstić information content (AvgIpc) is 3.00. The lowest BCUT2D eigenvalue weighted by Gasteiger charge is -2.12. The molecule has 0 bridgehead atoms. The van der Waals surface area contributed by atoms with Crippen molar-refractivity contribution >= 4 is 41.3 Å². The van der Waals surface area contributed by atoms with Crippen LogP contribution in [-0.2, 0) is 6.54 Å². The number of rotatable bonds is 7. The fourth-order valence-corrected chi connectivity index (χ4v) is 2.88. The van der Waals surface area contributed by atoms with Crippen molar-refractivity contribution < 1.29 is 4.74 Å². The van der Waals surface area contributed by atoms with Crippen LogP contribution >= 0.6 is 35.3 Å². The summed E-state index contributed by atoms with van der Waals surface area (Å²) in [5.74, 6) is 2.18. The van der Waals surface area contributed by atoms with E-state index in [0.717, 1.165) is 16.7 Å². The predicted octanol–water partition coefficient (Wildman–Crippen LogP) is 3.94. The van der Waals surface area contributed by atoms with Crippen LogP contribution in [-0.4, -0.2) is 31.1 Å². The van der Waals surface area contributed by atoms with Crippen molar-refractivity contribution in [2.24, 2.45) is 4.99 Å². The topological polar surface area (TPSA) is 58.5 Å². The molecule has 138 valence electrons. The molecule has 0 radical (unpaired) electrons. The van der Waals surface area contributed by atoms with Crippen molar-refractivity contribution in [1.29, 1.82) is 0 Å². The van der Waals surface area contributed by atoms with Gasteiger partial charge in [-0.1, -0.05) is 26.0 Å². The van der Waals surface area contributed by atoms with Crippen LogP contribution in [0.2, 0.25) is 0 Å². The van der Waals surface area contributed by atoms with Gasteiger partial charge in [-0.05, 0) is 30.5 Å². The normalized spacial score (nSPS) is 11.2. The van der Waals surface area contributed by atoms with Crippen molar-refractivity contribution in [2.45, 2.75) is 33.2 Å². The molecule has 0 spiro atoms. The molecule has 0 atom stereocenters. The van der Waals surface area contributed by atoms with Gasteiger partial charge in [-0.25, -0.2) is 4.98 Å². The largest absolute Gasteiger partial charge is 0.492 e. The van der Waals surface area contributed by atoms with Crippen LogP contribution in [0.15, 0.2) is 35.5 Å². The summed E-state index contributed by atoms with van der Waals surface area (Å²) in [4.78, 5) is 9.74. The molecule has 0 unspecified atom stereocenters. The highest BCUT2D eigenvalue weighted by Crippen LogP contribution is 2.18. The van der Waals surface area contributed by atoms with E-state index in [9.17, 15) is 0 Å². The van der Waals surface area contributed by atoms with E-state index in [0.29, 0.717) is 25.6 Å². The average molecular weight is 474 g/mol. The number of thiazole rings is 1. The molecule has 0 aliphatic carbocycles. The van der Waals surface area contributed by atoms with Gasteiger partial charge in [0, 0.05) is 18.1 Å². The van der Waals surface area contributed by atoms with Crippen LogP contribution in [0, 0.1) is 6.92 Å². The van der Waals surface area contributed by atoms with Gasteiger partial charge in [0.25, 0.3) is 0 Å². The van der Waals surface area contributed by atoms with E-state index in [-0.39, 0.29) is 24.0 Å². The second-order valence-corrected chi connectivity index (χ2v) is 7.11. The predicted molar refractivity (Wildman–Crippen MR) is 116 cm³/mol. The van der Waals surface area contributed by atoms with Gasteiger partial charge in [-0.2, -0.15) is 0 Å². The molecule has 2 aromatic rings. The first-order valence-electron chi connectivity index (χ1n) is 8.17. The molecule has 1 heterocycles. The molecule has 1 aromatic carbocycles. The Balaban J connectivity index is 0.00000312. The van der Waals surface area contributed by atoms with Gasteiger partial charge in [0.05, 0.1) is 13.1 Å². The van der Waals surface area contributed by atoms with E-state index in [1.54, 1.807) is 18.4 Å². The number of ether oxygens (including phenoxy) is 1. The summed E-state index contributed by atoms with van der Waals surface area (Å²) in [6.07, 6.45) is 1.89. The van der Waals surface area contributed by atoms with Gasteiger partial charge in [0.1, 0.15) is 17.4 Å². The molecule has 0 aliphatic rings. The van der Waals surface area contributed by atoms with E-state index in [1.165, 1.54) is 10.4 Å². The van der Waals surface area contributed by atoms with Crippen LogP contribution < -0.4 is 15.4 Å². The lowest BCUT2D eigenvalue weighted by molar-refractivity contribution is 0.322. The number of guanidine groups is 1. The first-order valence-corrected chi connectivity index (χ1v) is 8.98. The molecule has 1 aromatic heterocycles. The molecule has 25 heavy (non-hydrogen) atoms. The standard InChI is InChI=1S/C18H26N4OS.HI/c1-13(2)15-5-7-16(8-6-15)23-10-9-20-18(19-4)22-12-17-21-11-14(3)24-17;/h5-8,11,13H,9-10,12H2,1-4H3,(H2,19,20,22);1H. The minimum absolute atomic E-state index is 0. The van der Waals surface area contributed by atoms with Gasteiger partial charge in [-0.15, -0.1) is 35.3 Å². The molecule has 0 fully saturated rings. The Bertz CT molecular complexity index is 655. The number of nitrogens with one attached hydrogen (secondary N) is 2. The van der Waals surface area contributed by atoms with E-state index in [2.05, 4.69) is 53.5 Å². The van der Waals surface area contributed by atoms with Crippen molar-refractivity contribution in [2.75, 3.05) is 20.2 Å². The van der Waals surface area contributed by atoms with E-state index in [4.69, 9.17) is 4.74 Å². The maximum Gasteiger partial charge on any atom is 0.191 e. The highest BCUT2D eigenvalue weighted by molar-refractivity contribution is 14.0. The van der Waals surface area contributed by atoms with E-state index in [1.807, 2.05) is 18.3 Å². The second-order valence-electron chi connectivity index (χ2n) is 5.79. The number of aliphatic imine (C=N–C) groups is 1. The zero-order chi connectivity index (χ0) is 17.4. The number of halogens is 1. The molecule has 0 amide bonds. The molecule has 0 saturated heterocycles. The highest BCUT2D eigenvalue weighted by Gasteiger charge is 2.02. The van der Waals surface area contributed by atoms with Gasteiger partial charge in [-0.3, -0.25) is 4.99 Å². The lowest BCUT2D eigenvalue weighted by atomic mass is 10.0. The zero-order valence-corrected chi connectivity index (χ0v) is 18.4. The van der Waals surface area contributed by atoms with E-state index >= 15 is 0 Å². The molecular formula is C18H27IN4OS. The van der Waals surface area contributed by atoms with Gasteiger partial charge >= 0.3 is 0 Å². The smallest absolute Gasteiger partial charge is 0.191 e. The Kier molecular flexibility index (Phi) is 9.81. The first-order chi connectivity index (χ1) is 11.6. The summed E-state index contributed by atoms with van der Waals surface area (Å²) >= 11 is 1.69. The molecule has 2 N–H and O–H groups in total. The quantitative estimate of drug-likeness (QED) is 0.276. The number of benzene rings is 1. The Morgan fingerprint density at radius 3 is 2.52 bits per heavy atom. The number of aromatic nitrogens is 1. The van der Waals surface area contributed by atoms with Crippen molar-refractivity contribution in [3.8, 4) is 5.75 Å². The van der Waals surface area contributed by atoms with Crippen LogP contribution in [0.25, 0.3) is 0 Å². The molecule has 5 nitrogen and oxygen atoms in total. The first kappa shape index (κ1) is 21.7. The summed E-state index contributed by atoms with van der Waals surface area (Å²) in [6, 6.07) is 8.27. The van der Waals surface area contributed by atoms with Crippen LogP contribution in [0.3, 0.4) is 0 Å². The minimum atomic E-state index is 0. The van der Waals surface area contributed by atoms with Crippen LogP contribution in [0.4, 0.5) is 0 Å².